The molecular weight excluding hydrogens is 690 g/mol. The topological polar surface area (TPSA) is 191 Å². The molecule has 0 bridgehead atoms. The molecule has 0 aliphatic heterocycles. The van der Waals surface area contributed by atoms with Crippen molar-refractivity contribution in [3.05, 3.63) is 63.7 Å². The van der Waals surface area contributed by atoms with Crippen LogP contribution in [-0.4, -0.2) is 69.9 Å². The Bertz CT molecular complexity index is 1990. The van der Waals surface area contributed by atoms with E-state index in [2.05, 4.69) is 20.1 Å². The fraction of sp³-hybridized carbons (Fsp3) is 0.455. The number of ether oxygens (including phenoxy) is 3. The lowest BCUT2D eigenvalue weighted by Crippen LogP contribution is -2.44. The first kappa shape index (κ1) is 38.4. The van der Waals surface area contributed by atoms with E-state index < -0.39 is 45.7 Å². The van der Waals surface area contributed by atoms with Gasteiger partial charge in [-0.15, -0.1) is 4.90 Å². The number of carbonyl (C=O) groups is 2. The van der Waals surface area contributed by atoms with E-state index in [0.717, 1.165) is 16.7 Å². The van der Waals surface area contributed by atoms with Crippen molar-refractivity contribution >= 4 is 50.9 Å². The molecule has 0 aliphatic rings. The number of benzene rings is 1. The van der Waals surface area contributed by atoms with Crippen LogP contribution in [0.25, 0.3) is 11.0 Å². The molecule has 2 N–H and O–H groups in total. The molecule has 0 aliphatic carbocycles. The molecule has 0 radical (unpaired) electrons. The molecule has 1 atom stereocenters. The van der Waals surface area contributed by atoms with E-state index in [4.69, 9.17) is 35.7 Å². The number of halogens is 1. The Kier molecular flexibility index (Phi) is 11.1. The first-order chi connectivity index (χ1) is 23.1. The second-order valence-electron chi connectivity index (χ2n) is 13.6. The number of carbonyl (C=O) groups excluding carboxylic acids is 2. The van der Waals surface area contributed by atoms with Gasteiger partial charge in [0.25, 0.3) is 10.1 Å². The van der Waals surface area contributed by atoms with Crippen LogP contribution in [0.2, 0.25) is 5.15 Å². The summed E-state index contributed by atoms with van der Waals surface area (Å²) >= 11 is 6.76. The van der Waals surface area contributed by atoms with Crippen molar-refractivity contribution in [2.75, 3.05) is 12.0 Å². The summed E-state index contributed by atoms with van der Waals surface area (Å²) in [6.07, 6.45) is -2.21. The Hall–Kier alpha value is -4.38. The van der Waals surface area contributed by atoms with Crippen LogP contribution < -0.4 is 15.4 Å². The number of fused-ring (bicyclic) bond motifs is 1. The molecule has 2 amide bonds. The van der Waals surface area contributed by atoms with Crippen molar-refractivity contribution in [2.45, 2.75) is 97.6 Å². The third kappa shape index (κ3) is 9.04. The molecule has 3 aromatic heterocycles. The Morgan fingerprint density at radius 3 is 2.08 bits per heavy atom. The minimum atomic E-state index is -4.24. The minimum absolute atomic E-state index is 0.0163. The fourth-order valence-corrected chi connectivity index (χ4v) is 6.06. The van der Waals surface area contributed by atoms with Crippen molar-refractivity contribution in [2.24, 2.45) is 5.73 Å². The average molecular weight is 732 g/mol. The molecule has 1 unspecified atom stereocenters. The molecule has 17 heteroatoms. The molecule has 4 aromatic rings. The third-order valence-corrected chi connectivity index (χ3v) is 8.59. The maximum absolute atomic E-state index is 13.4. The zero-order chi connectivity index (χ0) is 37.3. The first-order valence-corrected chi connectivity index (χ1v) is 17.3. The normalized spacial score (nSPS) is 12.9. The largest absolute Gasteiger partial charge is 0.496 e. The lowest BCUT2D eigenvalue weighted by atomic mass is 10.1. The molecule has 0 saturated heterocycles. The highest BCUT2D eigenvalue weighted by Crippen LogP contribution is 2.31. The number of hydrogen-bond donors (Lipinski definition) is 1. The lowest BCUT2D eigenvalue weighted by Gasteiger charge is -2.27. The summed E-state index contributed by atoms with van der Waals surface area (Å²) in [7, 11) is -2.69. The average Bonchev–Trinajstić information content (AvgIpc) is 3.29. The van der Waals surface area contributed by atoms with Gasteiger partial charge in [0.2, 0.25) is 5.95 Å². The van der Waals surface area contributed by atoms with Crippen molar-refractivity contribution in [3.63, 3.8) is 0 Å². The summed E-state index contributed by atoms with van der Waals surface area (Å²) < 4.78 is 49.3. The molecule has 0 fully saturated rings. The van der Waals surface area contributed by atoms with Gasteiger partial charge in [0.05, 0.1) is 35.3 Å². The molecule has 0 spiro atoms. The number of hydrogen-bond acceptors (Lipinski definition) is 13. The number of methoxy groups -OCH3 is 1. The van der Waals surface area contributed by atoms with E-state index >= 15 is 0 Å². The number of aromatic nitrogens is 5. The van der Waals surface area contributed by atoms with Gasteiger partial charge in [0, 0.05) is 23.7 Å². The van der Waals surface area contributed by atoms with E-state index in [1.807, 2.05) is 20.8 Å². The number of amides is 2. The van der Waals surface area contributed by atoms with Crippen molar-refractivity contribution in [1.82, 2.24) is 24.7 Å². The molecule has 0 saturated carbocycles. The number of rotatable bonds is 9. The van der Waals surface area contributed by atoms with Crippen LogP contribution in [0.4, 0.5) is 15.5 Å². The van der Waals surface area contributed by atoms with Gasteiger partial charge < -0.3 is 19.9 Å². The fourth-order valence-electron chi connectivity index (χ4n) is 4.82. The summed E-state index contributed by atoms with van der Waals surface area (Å²) in [6.45, 7) is 15.3. The molecule has 3 heterocycles. The van der Waals surface area contributed by atoms with Gasteiger partial charge in [-0.25, -0.2) is 18.5 Å². The SMILES string of the molecule is COc1c(C)cnc(Cn2nc(CC(N)OS(=O)(=O)c3ccc(C)cc3)c3c(Cl)nc(N(C(=O)OC(C)(C)C)C(=O)OC(C)(C)C)nc32)c1C. The summed E-state index contributed by atoms with van der Waals surface area (Å²) in [5.74, 6) is 0.171. The highest BCUT2D eigenvalue weighted by Gasteiger charge is 2.36. The molecule has 15 nitrogen and oxygen atoms in total. The van der Waals surface area contributed by atoms with Gasteiger partial charge in [-0.3, -0.25) is 4.98 Å². The van der Waals surface area contributed by atoms with Crippen LogP contribution >= 0.6 is 11.6 Å². The molecule has 50 heavy (non-hydrogen) atoms. The Labute approximate surface area is 296 Å². The zero-order valence-electron chi connectivity index (χ0n) is 29.7. The Morgan fingerprint density at radius 1 is 0.960 bits per heavy atom. The first-order valence-electron chi connectivity index (χ1n) is 15.5. The van der Waals surface area contributed by atoms with Crippen LogP contribution in [0, 0.1) is 20.8 Å². The van der Waals surface area contributed by atoms with Crippen LogP contribution in [0.3, 0.4) is 0 Å². The minimum Gasteiger partial charge on any atom is -0.496 e. The predicted octanol–water partition coefficient (Wildman–Crippen LogP) is 5.77. The van der Waals surface area contributed by atoms with E-state index in [-0.39, 0.29) is 39.7 Å². The second kappa shape index (κ2) is 14.5. The highest BCUT2D eigenvalue weighted by molar-refractivity contribution is 7.86. The number of nitrogens with zero attached hydrogens (tertiary/aromatic N) is 6. The maximum atomic E-state index is 13.4. The zero-order valence-corrected chi connectivity index (χ0v) is 31.3. The van der Waals surface area contributed by atoms with E-state index in [1.54, 1.807) is 67.0 Å². The van der Waals surface area contributed by atoms with Gasteiger partial charge in [0.1, 0.15) is 28.3 Å². The summed E-state index contributed by atoms with van der Waals surface area (Å²) in [4.78, 5) is 40.7. The Balaban J connectivity index is 1.86. The third-order valence-electron chi connectivity index (χ3n) is 6.96. The number of imide groups is 1. The number of nitrogens with two attached hydrogens (primary N) is 1. The van der Waals surface area contributed by atoms with Crippen LogP contribution in [0.5, 0.6) is 5.75 Å². The molecule has 4 rings (SSSR count). The summed E-state index contributed by atoms with van der Waals surface area (Å²) in [6, 6.07) is 6.11. The standard InChI is InChI=1S/C33H42ClN7O8S/c1-18-11-13-21(14-12-18)50(44,45)49-24(35)15-22-25-27(34)37-29(41(30(42)47-32(4,5)6)31(43)48-33(7,8)9)38-28(25)40(39-22)17-23-20(3)26(46-10)19(2)16-36-23/h11-14,16,24H,15,17,35H2,1-10H3. The van der Waals surface area contributed by atoms with Gasteiger partial charge in [-0.1, -0.05) is 29.3 Å². The van der Waals surface area contributed by atoms with Crippen LogP contribution in [0.15, 0.2) is 35.4 Å². The molecule has 1 aromatic carbocycles. The predicted molar refractivity (Wildman–Crippen MR) is 186 cm³/mol. The van der Waals surface area contributed by atoms with Gasteiger partial charge >= 0.3 is 12.2 Å². The summed E-state index contributed by atoms with van der Waals surface area (Å²) in [5.41, 5.74) is 7.45. The van der Waals surface area contributed by atoms with E-state index in [9.17, 15) is 18.0 Å². The van der Waals surface area contributed by atoms with Crippen LogP contribution in [0.1, 0.15) is 69.6 Å². The molecule has 270 valence electrons. The number of aryl methyl sites for hydroxylation is 2. The quantitative estimate of drug-likeness (QED) is 0.124. The van der Waals surface area contributed by atoms with E-state index in [0.29, 0.717) is 16.3 Å². The van der Waals surface area contributed by atoms with Crippen molar-refractivity contribution < 1.29 is 36.4 Å². The van der Waals surface area contributed by atoms with Crippen molar-refractivity contribution in [1.29, 1.82) is 0 Å². The van der Waals surface area contributed by atoms with Crippen molar-refractivity contribution in [3.8, 4) is 5.75 Å². The maximum Gasteiger partial charge on any atom is 0.427 e. The number of pyridine rings is 1. The van der Waals surface area contributed by atoms with Gasteiger partial charge in [-0.05, 0) is 74.4 Å². The number of anilines is 1. The van der Waals surface area contributed by atoms with Gasteiger partial charge in [-0.2, -0.15) is 23.5 Å². The second-order valence-corrected chi connectivity index (χ2v) is 15.5. The smallest absolute Gasteiger partial charge is 0.427 e. The monoisotopic (exact) mass is 731 g/mol. The molecular formula is C33H42ClN7O8S. The van der Waals surface area contributed by atoms with Crippen LogP contribution in [-0.2, 0) is 36.7 Å². The Morgan fingerprint density at radius 2 is 1.54 bits per heavy atom. The van der Waals surface area contributed by atoms with Gasteiger partial charge in [0.15, 0.2) is 5.65 Å². The summed E-state index contributed by atoms with van der Waals surface area (Å²) in [5, 5.41) is 4.63. The van der Waals surface area contributed by atoms with E-state index in [1.165, 1.54) is 16.8 Å². The lowest BCUT2D eigenvalue weighted by molar-refractivity contribution is 0.0427. The highest BCUT2D eigenvalue weighted by atomic mass is 35.5.